The van der Waals surface area contributed by atoms with Gasteiger partial charge < -0.3 is 0 Å². The summed E-state index contributed by atoms with van der Waals surface area (Å²) in [4.78, 5) is -0.225. The molecule has 1 unspecified atom stereocenters. The van der Waals surface area contributed by atoms with Crippen molar-refractivity contribution in [2.45, 2.75) is 31.0 Å². The van der Waals surface area contributed by atoms with E-state index in [-0.39, 0.29) is 10.3 Å². The lowest BCUT2D eigenvalue weighted by molar-refractivity contribution is 0.318. The predicted octanol–water partition coefficient (Wildman–Crippen LogP) is 3.54. The first-order valence-electron chi connectivity index (χ1n) is 3.58. The van der Waals surface area contributed by atoms with Gasteiger partial charge in [-0.05, 0) is 19.3 Å². The van der Waals surface area contributed by atoms with Crippen molar-refractivity contribution in [1.29, 1.82) is 0 Å². The number of allylic oxidation sites excluding steroid dienone is 2. The minimum Gasteiger partial charge on any atom is -0.105 e. The molecule has 1 aliphatic rings. The molecule has 1 aliphatic carbocycles. The van der Waals surface area contributed by atoms with Crippen LogP contribution < -0.4 is 0 Å². The van der Waals surface area contributed by atoms with Crippen molar-refractivity contribution in [3.8, 4) is 0 Å². The van der Waals surface area contributed by atoms with Crippen molar-refractivity contribution in [3.05, 3.63) is 12.2 Å². The van der Waals surface area contributed by atoms with Crippen LogP contribution in [0.15, 0.2) is 12.2 Å². The second kappa shape index (κ2) is 3.15. The quantitative estimate of drug-likeness (QED) is 0.426. The SMILES string of the molecule is CC1(C(Cl)Cl)CC=CCC1. The first-order valence-corrected chi connectivity index (χ1v) is 4.45. The van der Waals surface area contributed by atoms with Crippen LogP contribution in [0.5, 0.6) is 0 Å². The molecule has 0 saturated carbocycles. The number of rotatable bonds is 1. The number of alkyl halides is 2. The Morgan fingerprint density at radius 3 is 2.40 bits per heavy atom. The van der Waals surface area contributed by atoms with Gasteiger partial charge in [-0.25, -0.2) is 0 Å². The Balaban J connectivity index is 2.59. The summed E-state index contributed by atoms with van der Waals surface area (Å²) in [5, 5.41) is 0. The molecule has 58 valence electrons. The molecule has 0 aromatic rings. The fourth-order valence-electron chi connectivity index (χ4n) is 1.18. The van der Waals surface area contributed by atoms with E-state index in [0.29, 0.717) is 0 Å². The molecule has 2 heteroatoms. The van der Waals surface area contributed by atoms with E-state index in [0.717, 1.165) is 19.3 Å². The maximum atomic E-state index is 5.83. The van der Waals surface area contributed by atoms with Gasteiger partial charge in [-0.3, -0.25) is 0 Å². The second-order valence-corrected chi connectivity index (χ2v) is 4.27. The zero-order valence-corrected chi connectivity index (χ0v) is 7.62. The average Bonchev–Trinajstić information content (AvgIpc) is 1.89. The highest BCUT2D eigenvalue weighted by Crippen LogP contribution is 2.40. The molecule has 0 aromatic carbocycles. The van der Waals surface area contributed by atoms with Crippen molar-refractivity contribution in [1.82, 2.24) is 0 Å². The molecular weight excluding hydrogens is 167 g/mol. The first kappa shape index (κ1) is 8.42. The van der Waals surface area contributed by atoms with Crippen LogP contribution in [0.25, 0.3) is 0 Å². The highest BCUT2D eigenvalue weighted by Gasteiger charge is 2.30. The first-order chi connectivity index (χ1) is 4.65. The molecule has 0 amide bonds. The van der Waals surface area contributed by atoms with Gasteiger partial charge in [0, 0.05) is 5.41 Å². The molecule has 0 spiro atoms. The highest BCUT2D eigenvalue weighted by atomic mass is 35.5. The van der Waals surface area contributed by atoms with Crippen LogP contribution in [-0.2, 0) is 0 Å². The second-order valence-electron chi connectivity index (χ2n) is 3.17. The van der Waals surface area contributed by atoms with Crippen LogP contribution in [0.1, 0.15) is 26.2 Å². The van der Waals surface area contributed by atoms with Crippen LogP contribution in [0.2, 0.25) is 0 Å². The van der Waals surface area contributed by atoms with E-state index < -0.39 is 0 Å². The van der Waals surface area contributed by atoms with Crippen LogP contribution in [0.4, 0.5) is 0 Å². The van der Waals surface area contributed by atoms with E-state index >= 15 is 0 Å². The van der Waals surface area contributed by atoms with Crippen molar-refractivity contribution in [2.24, 2.45) is 5.41 Å². The van der Waals surface area contributed by atoms with Crippen LogP contribution in [0, 0.1) is 5.41 Å². The highest BCUT2D eigenvalue weighted by molar-refractivity contribution is 6.44. The Kier molecular flexibility index (Phi) is 2.65. The van der Waals surface area contributed by atoms with Crippen LogP contribution in [-0.4, -0.2) is 4.84 Å². The maximum Gasteiger partial charge on any atom is 0.113 e. The molecule has 0 saturated heterocycles. The molecule has 1 atom stereocenters. The number of hydrogen-bond donors (Lipinski definition) is 0. The van der Waals surface area contributed by atoms with Gasteiger partial charge in [0.2, 0.25) is 0 Å². The van der Waals surface area contributed by atoms with Gasteiger partial charge in [0.15, 0.2) is 0 Å². The van der Waals surface area contributed by atoms with Gasteiger partial charge in [0.25, 0.3) is 0 Å². The molecule has 0 aliphatic heterocycles. The Bertz CT molecular complexity index is 140. The van der Waals surface area contributed by atoms with Gasteiger partial charge in [-0.1, -0.05) is 19.1 Å². The zero-order chi connectivity index (χ0) is 7.61. The summed E-state index contributed by atoms with van der Waals surface area (Å²) in [7, 11) is 0. The summed E-state index contributed by atoms with van der Waals surface area (Å²) in [5.74, 6) is 0. The minimum atomic E-state index is -0.225. The normalized spacial score (nSPS) is 33.2. The van der Waals surface area contributed by atoms with E-state index in [1.54, 1.807) is 0 Å². The van der Waals surface area contributed by atoms with Crippen LogP contribution in [0.3, 0.4) is 0 Å². The number of hydrogen-bond acceptors (Lipinski definition) is 0. The molecule has 10 heavy (non-hydrogen) atoms. The molecule has 0 nitrogen and oxygen atoms in total. The molecule has 0 aromatic heterocycles. The van der Waals surface area contributed by atoms with E-state index in [9.17, 15) is 0 Å². The minimum absolute atomic E-state index is 0.123. The molecule has 0 heterocycles. The standard InChI is InChI=1S/C8H12Cl2/c1-8(7(9)10)5-3-2-4-6-8/h2-3,7H,4-6H2,1H3. The zero-order valence-electron chi connectivity index (χ0n) is 6.11. The Morgan fingerprint density at radius 2 is 2.10 bits per heavy atom. The van der Waals surface area contributed by atoms with Gasteiger partial charge in [-0.15, -0.1) is 23.2 Å². The van der Waals surface area contributed by atoms with E-state index in [4.69, 9.17) is 23.2 Å². The van der Waals surface area contributed by atoms with E-state index in [1.165, 1.54) is 0 Å². The summed E-state index contributed by atoms with van der Waals surface area (Å²) in [6.45, 7) is 2.14. The van der Waals surface area contributed by atoms with Crippen LogP contribution >= 0.6 is 23.2 Å². The Morgan fingerprint density at radius 1 is 1.40 bits per heavy atom. The molecule has 1 rings (SSSR count). The predicted molar refractivity (Wildman–Crippen MR) is 46.6 cm³/mol. The summed E-state index contributed by atoms with van der Waals surface area (Å²) < 4.78 is 0. The Hall–Kier alpha value is 0.320. The fourth-order valence-corrected chi connectivity index (χ4v) is 1.58. The van der Waals surface area contributed by atoms with E-state index in [2.05, 4.69) is 19.1 Å². The third kappa shape index (κ3) is 1.67. The molecule has 0 radical (unpaired) electrons. The lowest BCUT2D eigenvalue weighted by Gasteiger charge is -2.31. The molecular formula is C8H12Cl2. The topological polar surface area (TPSA) is 0 Å². The lowest BCUT2D eigenvalue weighted by atomic mass is 9.81. The van der Waals surface area contributed by atoms with Gasteiger partial charge in [0.05, 0.1) is 0 Å². The van der Waals surface area contributed by atoms with Crippen molar-refractivity contribution in [3.63, 3.8) is 0 Å². The van der Waals surface area contributed by atoms with Gasteiger partial charge in [0.1, 0.15) is 4.84 Å². The molecule has 0 N–H and O–H groups in total. The third-order valence-electron chi connectivity index (χ3n) is 2.16. The molecule has 0 bridgehead atoms. The number of halogens is 2. The smallest absolute Gasteiger partial charge is 0.105 e. The summed E-state index contributed by atoms with van der Waals surface area (Å²) in [5.41, 5.74) is 0.123. The van der Waals surface area contributed by atoms with Gasteiger partial charge >= 0.3 is 0 Å². The van der Waals surface area contributed by atoms with E-state index in [1.807, 2.05) is 0 Å². The van der Waals surface area contributed by atoms with Crippen molar-refractivity contribution < 1.29 is 0 Å². The van der Waals surface area contributed by atoms with Gasteiger partial charge in [-0.2, -0.15) is 0 Å². The summed E-state index contributed by atoms with van der Waals surface area (Å²) >= 11 is 11.7. The fraction of sp³-hybridized carbons (Fsp3) is 0.750. The average molecular weight is 179 g/mol. The Labute approximate surface area is 72.2 Å². The maximum absolute atomic E-state index is 5.83. The summed E-state index contributed by atoms with van der Waals surface area (Å²) in [6.07, 6.45) is 7.61. The van der Waals surface area contributed by atoms with Crippen molar-refractivity contribution in [2.75, 3.05) is 0 Å². The lowest BCUT2D eigenvalue weighted by Crippen LogP contribution is -2.25. The summed E-state index contributed by atoms with van der Waals surface area (Å²) in [6, 6.07) is 0. The molecule has 0 fully saturated rings. The third-order valence-corrected chi connectivity index (χ3v) is 3.21. The monoisotopic (exact) mass is 178 g/mol. The largest absolute Gasteiger partial charge is 0.113 e. The van der Waals surface area contributed by atoms with Crippen molar-refractivity contribution >= 4 is 23.2 Å².